The number of allylic oxidation sites excluding steroid dienone is 5. The van der Waals surface area contributed by atoms with E-state index in [1.165, 1.54) is 17.6 Å². The van der Waals surface area contributed by atoms with Gasteiger partial charge in [-0.3, -0.25) is 0 Å². The first-order valence-electron chi connectivity index (χ1n) is 5.25. The van der Waals surface area contributed by atoms with Crippen molar-refractivity contribution in [3.63, 3.8) is 0 Å². The highest BCUT2D eigenvalue weighted by Gasteiger charge is 1.92. The first-order valence-corrected chi connectivity index (χ1v) is 5.25. The summed E-state index contributed by atoms with van der Waals surface area (Å²) in [5.41, 5.74) is 8.90. The van der Waals surface area contributed by atoms with Gasteiger partial charge in [-0.25, -0.2) is 0 Å². The molecule has 1 aliphatic carbocycles. The maximum Gasteiger partial charge on any atom is 0.0314 e. The van der Waals surface area contributed by atoms with Crippen molar-refractivity contribution in [2.45, 2.75) is 12.8 Å². The van der Waals surface area contributed by atoms with E-state index in [0.717, 1.165) is 12.1 Å². The van der Waals surface area contributed by atoms with Gasteiger partial charge in [0.2, 0.25) is 0 Å². The van der Waals surface area contributed by atoms with Crippen LogP contribution in [0.2, 0.25) is 0 Å². The van der Waals surface area contributed by atoms with Gasteiger partial charge in [0.1, 0.15) is 0 Å². The molecule has 1 aromatic carbocycles. The average Bonchev–Trinajstić information content (AvgIpc) is 2.30. The fourth-order valence-corrected chi connectivity index (χ4v) is 1.56. The summed E-state index contributed by atoms with van der Waals surface area (Å²) in [4.78, 5) is 0. The smallest absolute Gasteiger partial charge is 0.0314 e. The molecule has 0 aromatic heterocycles. The second-order valence-corrected chi connectivity index (χ2v) is 3.68. The number of hydrogen-bond donors (Lipinski definition) is 1. The van der Waals surface area contributed by atoms with Crippen LogP contribution in [0.1, 0.15) is 18.4 Å². The molecule has 15 heavy (non-hydrogen) atoms. The lowest BCUT2D eigenvalue weighted by Crippen LogP contribution is -1.83. The summed E-state index contributed by atoms with van der Waals surface area (Å²) in [7, 11) is 0. The fraction of sp³-hybridized carbons (Fsp3) is 0.143. The number of nitrogens with two attached hydrogens (primary N) is 1. The Morgan fingerprint density at radius 1 is 1.00 bits per heavy atom. The zero-order valence-corrected chi connectivity index (χ0v) is 8.69. The van der Waals surface area contributed by atoms with Crippen molar-refractivity contribution >= 4 is 11.8 Å². The fourth-order valence-electron chi connectivity index (χ4n) is 1.56. The van der Waals surface area contributed by atoms with Crippen LogP contribution >= 0.6 is 0 Å². The topological polar surface area (TPSA) is 26.0 Å². The maximum atomic E-state index is 5.62. The lowest BCUT2D eigenvalue weighted by Gasteiger charge is -2.01. The van der Waals surface area contributed by atoms with Crippen LogP contribution in [0.25, 0.3) is 6.08 Å². The molecule has 0 heterocycles. The number of benzene rings is 1. The van der Waals surface area contributed by atoms with Gasteiger partial charge in [-0.15, -0.1) is 0 Å². The summed E-state index contributed by atoms with van der Waals surface area (Å²) >= 11 is 0. The SMILES string of the molecule is Nc1ccc(/C=C/C2=CCCC=C2)cc1. The summed E-state index contributed by atoms with van der Waals surface area (Å²) in [6.45, 7) is 0. The van der Waals surface area contributed by atoms with E-state index in [1.54, 1.807) is 0 Å². The molecule has 0 radical (unpaired) electrons. The molecular weight excluding hydrogens is 182 g/mol. The first kappa shape index (κ1) is 9.78. The Kier molecular flexibility index (Phi) is 3.03. The highest BCUT2D eigenvalue weighted by Crippen LogP contribution is 2.13. The number of rotatable bonds is 2. The van der Waals surface area contributed by atoms with Crippen LogP contribution in [0.4, 0.5) is 5.69 Å². The molecule has 1 aromatic rings. The highest BCUT2D eigenvalue weighted by atomic mass is 14.5. The third-order valence-electron chi connectivity index (χ3n) is 2.43. The van der Waals surface area contributed by atoms with Crippen LogP contribution in [0.15, 0.2) is 54.1 Å². The molecule has 0 unspecified atom stereocenters. The molecular formula is C14H15N. The molecule has 0 amide bonds. The van der Waals surface area contributed by atoms with Crippen LogP contribution in [0.5, 0.6) is 0 Å². The summed E-state index contributed by atoms with van der Waals surface area (Å²) in [5, 5.41) is 0. The van der Waals surface area contributed by atoms with Crippen molar-refractivity contribution < 1.29 is 0 Å². The van der Waals surface area contributed by atoms with Gasteiger partial charge in [-0.2, -0.15) is 0 Å². The molecule has 0 saturated carbocycles. The molecule has 2 N–H and O–H groups in total. The molecule has 76 valence electrons. The van der Waals surface area contributed by atoms with Crippen molar-refractivity contribution in [2.24, 2.45) is 0 Å². The second-order valence-electron chi connectivity index (χ2n) is 3.68. The Balaban J connectivity index is 2.08. The Morgan fingerprint density at radius 2 is 1.80 bits per heavy atom. The van der Waals surface area contributed by atoms with Crippen molar-refractivity contribution in [2.75, 3.05) is 5.73 Å². The Morgan fingerprint density at radius 3 is 2.47 bits per heavy atom. The largest absolute Gasteiger partial charge is 0.399 e. The summed E-state index contributed by atoms with van der Waals surface area (Å²) in [6.07, 6.45) is 13.2. The van der Waals surface area contributed by atoms with E-state index in [4.69, 9.17) is 5.73 Å². The third-order valence-corrected chi connectivity index (χ3v) is 2.43. The molecule has 0 spiro atoms. The Hall–Kier alpha value is -1.76. The predicted octanol–water partition coefficient (Wildman–Crippen LogP) is 3.56. The highest BCUT2D eigenvalue weighted by molar-refractivity contribution is 5.57. The van der Waals surface area contributed by atoms with Crippen LogP contribution in [0.3, 0.4) is 0 Å². The van der Waals surface area contributed by atoms with Gasteiger partial charge < -0.3 is 5.73 Å². The minimum Gasteiger partial charge on any atom is -0.399 e. The minimum absolute atomic E-state index is 0.809. The van der Waals surface area contributed by atoms with Crippen LogP contribution < -0.4 is 5.73 Å². The van der Waals surface area contributed by atoms with E-state index in [2.05, 4.69) is 30.4 Å². The molecule has 1 aliphatic rings. The van der Waals surface area contributed by atoms with Crippen molar-refractivity contribution in [1.82, 2.24) is 0 Å². The van der Waals surface area contributed by atoms with E-state index < -0.39 is 0 Å². The Bertz CT molecular complexity index is 407. The monoisotopic (exact) mass is 197 g/mol. The van der Waals surface area contributed by atoms with Gasteiger partial charge in [-0.05, 0) is 36.1 Å². The van der Waals surface area contributed by atoms with Gasteiger partial charge >= 0.3 is 0 Å². The van der Waals surface area contributed by atoms with E-state index in [0.29, 0.717) is 0 Å². The zero-order valence-electron chi connectivity index (χ0n) is 8.69. The normalized spacial score (nSPS) is 15.6. The van der Waals surface area contributed by atoms with Crippen molar-refractivity contribution in [3.8, 4) is 0 Å². The van der Waals surface area contributed by atoms with E-state index in [-0.39, 0.29) is 0 Å². The molecule has 1 nitrogen and oxygen atoms in total. The maximum absolute atomic E-state index is 5.62. The summed E-state index contributed by atoms with van der Waals surface area (Å²) in [6, 6.07) is 7.90. The summed E-state index contributed by atoms with van der Waals surface area (Å²) in [5.74, 6) is 0. The van der Waals surface area contributed by atoms with Gasteiger partial charge in [0.25, 0.3) is 0 Å². The van der Waals surface area contributed by atoms with E-state index in [9.17, 15) is 0 Å². The van der Waals surface area contributed by atoms with Gasteiger partial charge in [0, 0.05) is 5.69 Å². The minimum atomic E-state index is 0.809. The number of anilines is 1. The van der Waals surface area contributed by atoms with Crippen molar-refractivity contribution in [3.05, 3.63) is 59.7 Å². The third kappa shape index (κ3) is 2.84. The second kappa shape index (κ2) is 4.65. The number of nitrogen functional groups attached to an aromatic ring is 1. The van der Waals surface area contributed by atoms with Crippen LogP contribution in [-0.2, 0) is 0 Å². The van der Waals surface area contributed by atoms with Gasteiger partial charge in [0.05, 0.1) is 0 Å². The quantitative estimate of drug-likeness (QED) is 0.721. The molecule has 0 fully saturated rings. The molecule has 1 heteroatoms. The summed E-state index contributed by atoms with van der Waals surface area (Å²) < 4.78 is 0. The molecule has 0 atom stereocenters. The first-order chi connectivity index (χ1) is 7.34. The molecule has 2 rings (SSSR count). The standard InChI is InChI=1S/C14H15N/c15-14-10-8-13(9-11-14)7-6-12-4-2-1-3-5-12/h2,4-11H,1,3,15H2/b7-6+. The average molecular weight is 197 g/mol. The lowest BCUT2D eigenvalue weighted by atomic mass is 10.1. The predicted molar refractivity (Wildman–Crippen MR) is 66.3 cm³/mol. The van der Waals surface area contributed by atoms with Crippen LogP contribution in [0, 0.1) is 0 Å². The number of hydrogen-bond acceptors (Lipinski definition) is 1. The molecule has 0 bridgehead atoms. The molecule has 0 aliphatic heterocycles. The van der Waals surface area contributed by atoms with E-state index >= 15 is 0 Å². The van der Waals surface area contributed by atoms with Crippen LogP contribution in [-0.4, -0.2) is 0 Å². The van der Waals surface area contributed by atoms with E-state index in [1.807, 2.05) is 24.3 Å². The Labute approximate surface area is 90.6 Å². The molecule has 0 saturated heterocycles. The van der Waals surface area contributed by atoms with Crippen molar-refractivity contribution in [1.29, 1.82) is 0 Å². The lowest BCUT2D eigenvalue weighted by molar-refractivity contribution is 1.03. The zero-order chi connectivity index (χ0) is 10.5. The van der Waals surface area contributed by atoms with Gasteiger partial charge in [-0.1, -0.05) is 42.5 Å². The van der Waals surface area contributed by atoms with Gasteiger partial charge in [0.15, 0.2) is 0 Å².